The molecule has 1 rings (SSSR count). The van der Waals surface area contributed by atoms with Gasteiger partial charge in [0.1, 0.15) is 6.54 Å². The molecular weight excluding hydrogens is 244 g/mol. The summed E-state index contributed by atoms with van der Waals surface area (Å²) in [7, 11) is 1.28. The van der Waals surface area contributed by atoms with Crippen molar-refractivity contribution in [2.24, 2.45) is 5.73 Å². The molecule has 0 unspecified atom stereocenters. The summed E-state index contributed by atoms with van der Waals surface area (Å²) >= 11 is 0. The lowest BCUT2D eigenvalue weighted by molar-refractivity contribution is -0.139. The first-order valence-corrected chi connectivity index (χ1v) is 4.81. The van der Waals surface area contributed by atoms with Crippen molar-refractivity contribution >= 4 is 30.0 Å². The molecule has 0 saturated carbocycles. The average molecular weight is 259 g/mol. The van der Waals surface area contributed by atoms with E-state index in [4.69, 9.17) is 5.73 Å². The number of nitrogens with two attached hydrogens (primary N) is 1. The number of esters is 1. The topological polar surface area (TPSA) is 72.6 Å². The number of ether oxygens (including phenoxy) is 1. The first-order valence-electron chi connectivity index (χ1n) is 4.81. The Kier molecular flexibility index (Phi) is 6.93. The van der Waals surface area contributed by atoms with Gasteiger partial charge in [-0.1, -0.05) is 18.2 Å². The predicted molar refractivity (Wildman–Crippen MR) is 67.1 cm³/mol. The van der Waals surface area contributed by atoms with Crippen molar-refractivity contribution in [3.05, 3.63) is 30.3 Å². The Morgan fingerprint density at radius 3 is 2.35 bits per heavy atom. The molecule has 1 aromatic rings. The lowest BCUT2D eigenvalue weighted by Gasteiger charge is -2.20. The maximum atomic E-state index is 11.6. The van der Waals surface area contributed by atoms with E-state index in [1.165, 1.54) is 12.0 Å². The quantitative estimate of drug-likeness (QED) is 0.802. The molecule has 0 atom stereocenters. The van der Waals surface area contributed by atoms with E-state index in [1.807, 2.05) is 6.07 Å². The second-order valence-electron chi connectivity index (χ2n) is 3.10. The molecule has 94 valence electrons. The number of nitrogens with zero attached hydrogens (tertiary/aromatic N) is 1. The van der Waals surface area contributed by atoms with Gasteiger partial charge < -0.3 is 15.4 Å². The van der Waals surface area contributed by atoms with Crippen molar-refractivity contribution in [2.45, 2.75) is 0 Å². The minimum atomic E-state index is -0.481. The Balaban J connectivity index is 0.00000256. The molecule has 0 aliphatic heterocycles. The minimum absolute atomic E-state index is 0. The van der Waals surface area contributed by atoms with Gasteiger partial charge in [0.15, 0.2) is 0 Å². The molecule has 0 fully saturated rings. The fourth-order valence-electron chi connectivity index (χ4n) is 1.24. The molecule has 5 nitrogen and oxygen atoms in total. The van der Waals surface area contributed by atoms with Crippen molar-refractivity contribution in [1.29, 1.82) is 0 Å². The van der Waals surface area contributed by atoms with Crippen molar-refractivity contribution in [3.8, 4) is 0 Å². The molecule has 1 aromatic carbocycles. The SMILES string of the molecule is COC(=O)CN(C(=O)CN)c1ccccc1.Cl. The van der Waals surface area contributed by atoms with Crippen LogP contribution in [0.3, 0.4) is 0 Å². The van der Waals surface area contributed by atoms with Gasteiger partial charge in [-0.25, -0.2) is 0 Å². The summed E-state index contributed by atoms with van der Waals surface area (Å²) in [6.07, 6.45) is 0. The number of para-hydroxylation sites is 1. The number of benzene rings is 1. The number of halogens is 1. The van der Waals surface area contributed by atoms with Crippen molar-refractivity contribution in [1.82, 2.24) is 0 Å². The van der Waals surface area contributed by atoms with Gasteiger partial charge in [-0.15, -0.1) is 12.4 Å². The van der Waals surface area contributed by atoms with E-state index in [0.717, 1.165) is 0 Å². The molecular formula is C11H15ClN2O3. The maximum Gasteiger partial charge on any atom is 0.325 e. The molecule has 0 aromatic heterocycles. The number of hydrogen-bond donors (Lipinski definition) is 1. The van der Waals surface area contributed by atoms with Crippen LogP contribution in [0, 0.1) is 0 Å². The second kappa shape index (κ2) is 7.65. The van der Waals surface area contributed by atoms with Gasteiger partial charge in [0, 0.05) is 5.69 Å². The highest BCUT2D eigenvalue weighted by atomic mass is 35.5. The van der Waals surface area contributed by atoms with Crippen LogP contribution in [0.4, 0.5) is 5.69 Å². The van der Waals surface area contributed by atoms with Crippen molar-refractivity contribution < 1.29 is 14.3 Å². The summed E-state index contributed by atoms with van der Waals surface area (Å²) in [5.74, 6) is -0.803. The zero-order chi connectivity index (χ0) is 12.0. The lowest BCUT2D eigenvalue weighted by Crippen LogP contribution is -2.40. The Morgan fingerprint density at radius 1 is 1.29 bits per heavy atom. The van der Waals surface area contributed by atoms with Crippen molar-refractivity contribution in [2.75, 3.05) is 25.1 Å². The third-order valence-electron chi connectivity index (χ3n) is 2.06. The van der Waals surface area contributed by atoms with E-state index in [1.54, 1.807) is 24.3 Å². The van der Waals surface area contributed by atoms with Crippen LogP contribution in [0.25, 0.3) is 0 Å². The van der Waals surface area contributed by atoms with E-state index >= 15 is 0 Å². The molecule has 2 N–H and O–H groups in total. The number of amides is 1. The van der Waals surface area contributed by atoms with Gasteiger partial charge in [-0.3, -0.25) is 9.59 Å². The van der Waals surface area contributed by atoms with E-state index in [0.29, 0.717) is 5.69 Å². The molecule has 0 radical (unpaired) electrons. The monoisotopic (exact) mass is 258 g/mol. The fourth-order valence-corrected chi connectivity index (χ4v) is 1.24. The van der Waals surface area contributed by atoms with Gasteiger partial charge in [-0.2, -0.15) is 0 Å². The average Bonchev–Trinajstić information content (AvgIpc) is 2.35. The van der Waals surface area contributed by atoms with Crippen LogP contribution in [-0.4, -0.2) is 32.1 Å². The number of carbonyl (C=O) groups is 2. The van der Waals surface area contributed by atoms with Crippen LogP contribution in [-0.2, 0) is 14.3 Å². The second-order valence-corrected chi connectivity index (χ2v) is 3.10. The molecule has 0 spiro atoms. The van der Waals surface area contributed by atoms with Gasteiger partial charge in [0.2, 0.25) is 5.91 Å². The van der Waals surface area contributed by atoms with Gasteiger partial charge >= 0.3 is 5.97 Å². The summed E-state index contributed by atoms with van der Waals surface area (Å²) in [5, 5.41) is 0. The minimum Gasteiger partial charge on any atom is -0.468 e. The van der Waals surface area contributed by atoms with Crippen molar-refractivity contribution in [3.63, 3.8) is 0 Å². The highest BCUT2D eigenvalue weighted by Crippen LogP contribution is 2.12. The number of rotatable bonds is 4. The van der Waals surface area contributed by atoms with E-state index in [2.05, 4.69) is 4.74 Å². The van der Waals surface area contributed by atoms with Crippen LogP contribution < -0.4 is 10.6 Å². The largest absolute Gasteiger partial charge is 0.468 e. The van der Waals surface area contributed by atoms with Gasteiger partial charge in [-0.05, 0) is 12.1 Å². The van der Waals surface area contributed by atoms with Crippen LogP contribution in [0.1, 0.15) is 0 Å². The third kappa shape index (κ3) is 4.42. The van der Waals surface area contributed by atoms with Crippen LogP contribution >= 0.6 is 12.4 Å². The molecule has 0 saturated heterocycles. The Hall–Kier alpha value is -1.59. The molecule has 0 bridgehead atoms. The first-order chi connectivity index (χ1) is 7.69. The third-order valence-corrected chi connectivity index (χ3v) is 2.06. The summed E-state index contributed by atoms with van der Waals surface area (Å²) in [6, 6.07) is 8.85. The number of anilines is 1. The summed E-state index contributed by atoms with van der Waals surface area (Å²) in [5.41, 5.74) is 5.91. The maximum absolute atomic E-state index is 11.6. The fraction of sp³-hybridized carbons (Fsp3) is 0.273. The molecule has 1 amide bonds. The van der Waals surface area contributed by atoms with E-state index in [9.17, 15) is 9.59 Å². The summed E-state index contributed by atoms with van der Waals surface area (Å²) < 4.78 is 4.52. The Bertz CT molecular complexity index is 370. The van der Waals surface area contributed by atoms with E-state index in [-0.39, 0.29) is 31.4 Å². The number of hydrogen-bond acceptors (Lipinski definition) is 4. The highest BCUT2D eigenvalue weighted by Gasteiger charge is 2.17. The lowest BCUT2D eigenvalue weighted by atomic mass is 10.3. The smallest absolute Gasteiger partial charge is 0.325 e. The van der Waals surface area contributed by atoms with Gasteiger partial charge in [0.25, 0.3) is 0 Å². The van der Waals surface area contributed by atoms with Crippen LogP contribution in [0.5, 0.6) is 0 Å². The standard InChI is InChI=1S/C11H14N2O3.ClH/c1-16-11(15)8-13(10(14)7-12)9-5-3-2-4-6-9;/h2-6H,7-8,12H2,1H3;1H. The van der Waals surface area contributed by atoms with Gasteiger partial charge in [0.05, 0.1) is 13.7 Å². The zero-order valence-corrected chi connectivity index (χ0v) is 10.3. The summed E-state index contributed by atoms with van der Waals surface area (Å²) in [4.78, 5) is 24.0. The van der Waals surface area contributed by atoms with E-state index < -0.39 is 5.97 Å². The molecule has 0 aliphatic rings. The molecule has 17 heavy (non-hydrogen) atoms. The Morgan fingerprint density at radius 2 is 1.88 bits per heavy atom. The molecule has 0 heterocycles. The predicted octanol–water partition coefficient (Wildman–Crippen LogP) is 0.573. The first kappa shape index (κ1) is 15.4. The molecule has 0 aliphatic carbocycles. The number of carbonyl (C=O) groups excluding carboxylic acids is 2. The van der Waals surface area contributed by atoms with Crippen LogP contribution in [0.15, 0.2) is 30.3 Å². The Labute approximate surface area is 106 Å². The highest BCUT2D eigenvalue weighted by molar-refractivity contribution is 5.98. The van der Waals surface area contributed by atoms with Crippen LogP contribution in [0.2, 0.25) is 0 Å². The molecule has 6 heteroatoms. The zero-order valence-electron chi connectivity index (χ0n) is 9.46. The number of methoxy groups -OCH3 is 1. The summed E-state index contributed by atoms with van der Waals surface area (Å²) in [6.45, 7) is -0.275. The normalized spacial score (nSPS) is 9.06.